The van der Waals surface area contributed by atoms with Crippen LogP contribution in [0.25, 0.3) is 0 Å². The lowest BCUT2D eigenvalue weighted by Gasteiger charge is -2.34. The maximum Gasteiger partial charge on any atom is 0.251 e. The number of rotatable bonds is 6. The smallest absolute Gasteiger partial charge is 0.251 e. The minimum atomic E-state index is -0.727. The van der Waals surface area contributed by atoms with Gasteiger partial charge in [0, 0.05) is 31.7 Å². The van der Waals surface area contributed by atoms with Crippen molar-refractivity contribution in [3.63, 3.8) is 0 Å². The van der Waals surface area contributed by atoms with Gasteiger partial charge >= 0.3 is 0 Å². The molecule has 1 atom stereocenters. The molecule has 126 valence electrons. The maximum atomic E-state index is 12.6. The molecular weight excluding hydrogens is 296 g/mol. The van der Waals surface area contributed by atoms with Crippen molar-refractivity contribution in [2.24, 2.45) is 5.73 Å². The Morgan fingerprint density at radius 2 is 1.87 bits per heavy atom. The van der Waals surface area contributed by atoms with E-state index in [0.29, 0.717) is 18.7 Å². The lowest BCUT2D eigenvalue weighted by molar-refractivity contribution is -0.136. The minimum Gasteiger partial charge on any atom is -0.364 e. The monoisotopic (exact) mass is 320 g/mol. The van der Waals surface area contributed by atoms with Crippen molar-refractivity contribution in [1.82, 2.24) is 15.1 Å². The summed E-state index contributed by atoms with van der Waals surface area (Å²) >= 11 is 0. The summed E-state index contributed by atoms with van der Waals surface area (Å²) in [6, 6.07) is 8.08. The summed E-state index contributed by atoms with van der Waals surface area (Å²) in [5.74, 6) is -0.422. The Morgan fingerprint density at radius 1 is 1.22 bits per heavy atom. The van der Waals surface area contributed by atoms with Gasteiger partial charge in [-0.3, -0.25) is 9.59 Å². The second-order valence-electron chi connectivity index (χ2n) is 5.56. The molecule has 1 heterocycles. The van der Waals surface area contributed by atoms with Crippen LogP contribution in [-0.2, 0) is 9.53 Å². The van der Waals surface area contributed by atoms with Gasteiger partial charge in [-0.05, 0) is 19.2 Å². The first-order valence-electron chi connectivity index (χ1n) is 7.73. The number of carbonyl (C=O) groups is 2. The number of likely N-dealkylation sites (N-methyl/N-ethyl adjacent to an activating group) is 1. The van der Waals surface area contributed by atoms with Crippen LogP contribution in [0.2, 0.25) is 0 Å². The molecule has 1 saturated heterocycles. The van der Waals surface area contributed by atoms with E-state index in [1.807, 2.05) is 13.1 Å². The van der Waals surface area contributed by atoms with Crippen LogP contribution >= 0.6 is 0 Å². The van der Waals surface area contributed by atoms with Gasteiger partial charge in [-0.15, -0.1) is 0 Å². The van der Waals surface area contributed by atoms with Crippen LogP contribution in [0.4, 0.5) is 0 Å². The Bertz CT molecular complexity index is 515. The van der Waals surface area contributed by atoms with Crippen molar-refractivity contribution >= 4 is 11.8 Å². The molecule has 0 unspecified atom stereocenters. The predicted octanol–water partition coefficient (Wildman–Crippen LogP) is -0.508. The van der Waals surface area contributed by atoms with Crippen molar-refractivity contribution in [2.45, 2.75) is 6.04 Å². The van der Waals surface area contributed by atoms with Crippen LogP contribution in [0.15, 0.2) is 30.3 Å². The lowest BCUT2D eigenvalue weighted by atomic mass is 10.1. The fourth-order valence-electron chi connectivity index (χ4n) is 2.44. The van der Waals surface area contributed by atoms with Crippen molar-refractivity contribution in [2.75, 3.05) is 46.6 Å². The van der Waals surface area contributed by atoms with Crippen LogP contribution < -0.4 is 11.1 Å². The summed E-state index contributed by atoms with van der Waals surface area (Å²) in [5.41, 5.74) is 5.86. The molecule has 7 heteroatoms. The second-order valence-corrected chi connectivity index (χ2v) is 5.56. The molecule has 0 aliphatic carbocycles. The highest BCUT2D eigenvalue weighted by Gasteiger charge is 2.28. The second kappa shape index (κ2) is 8.61. The van der Waals surface area contributed by atoms with E-state index in [1.54, 1.807) is 29.2 Å². The van der Waals surface area contributed by atoms with Gasteiger partial charge < -0.3 is 25.6 Å². The summed E-state index contributed by atoms with van der Waals surface area (Å²) in [7, 11) is 2.02. The largest absolute Gasteiger partial charge is 0.364 e. The van der Waals surface area contributed by atoms with E-state index in [9.17, 15) is 9.59 Å². The zero-order valence-electron chi connectivity index (χ0n) is 13.4. The Morgan fingerprint density at radius 3 is 2.48 bits per heavy atom. The summed E-state index contributed by atoms with van der Waals surface area (Å²) in [6.45, 7) is 3.02. The molecule has 1 aromatic rings. The van der Waals surface area contributed by atoms with Gasteiger partial charge in [0.05, 0.1) is 13.3 Å². The number of nitrogens with zero attached hydrogens (tertiary/aromatic N) is 2. The average Bonchev–Trinajstić information content (AvgIpc) is 2.59. The molecular formula is C16H24N4O3. The highest BCUT2D eigenvalue weighted by Crippen LogP contribution is 2.05. The molecule has 3 N–H and O–H groups in total. The van der Waals surface area contributed by atoms with Crippen molar-refractivity contribution in [3.05, 3.63) is 35.9 Å². The SMILES string of the molecule is CN1CCN(C(=O)[C@H](COCN)NC(=O)c2ccccc2)CC1. The Hall–Kier alpha value is -1.96. The van der Waals surface area contributed by atoms with Gasteiger partial charge in [0.25, 0.3) is 5.91 Å². The third kappa shape index (κ3) is 5.02. The van der Waals surface area contributed by atoms with Gasteiger partial charge in [-0.25, -0.2) is 0 Å². The number of carbonyl (C=O) groups excluding carboxylic acids is 2. The zero-order chi connectivity index (χ0) is 16.7. The normalized spacial score (nSPS) is 16.9. The molecule has 1 aromatic carbocycles. The fourth-order valence-corrected chi connectivity index (χ4v) is 2.44. The summed E-state index contributed by atoms with van der Waals surface area (Å²) in [6.07, 6.45) is 0. The molecule has 0 saturated carbocycles. The Kier molecular flexibility index (Phi) is 6.52. The van der Waals surface area contributed by atoms with Crippen LogP contribution in [0.1, 0.15) is 10.4 Å². The summed E-state index contributed by atoms with van der Waals surface area (Å²) < 4.78 is 5.17. The van der Waals surface area contributed by atoms with Crippen LogP contribution in [-0.4, -0.2) is 74.2 Å². The van der Waals surface area contributed by atoms with E-state index >= 15 is 0 Å². The number of nitrogens with one attached hydrogen (secondary N) is 1. The summed E-state index contributed by atoms with van der Waals surface area (Å²) in [4.78, 5) is 28.9. The van der Waals surface area contributed by atoms with Gasteiger partial charge in [0.15, 0.2) is 0 Å². The number of hydrogen-bond donors (Lipinski definition) is 2. The number of amides is 2. The Balaban J connectivity index is 2.01. The van der Waals surface area contributed by atoms with E-state index in [4.69, 9.17) is 10.5 Å². The number of benzene rings is 1. The fraction of sp³-hybridized carbons (Fsp3) is 0.500. The molecule has 23 heavy (non-hydrogen) atoms. The molecule has 2 amide bonds. The quantitative estimate of drug-likeness (QED) is 0.690. The van der Waals surface area contributed by atoms with E-state index in [-0.39, 0.29) is 25.2 Å². The number of piperazine rings is 1. The minimum absolute atomic E-state index is 0.00766. The molecule has 0 spiro atoms. The standard InChI is InChI=1S/C16H24N4O3/c1-19-7-9-20(10-8-19)16(22)14(11-23-12-17)18-15(21)13-5-3-2-4-6-13/h2-6,14H,7-12,17H2,1H3,(H,18,21)/t14-/m0/s1. The third-order valence-corrected chi connectivity index (χ3v) is 3.86. The first-order valence-corrected chi connectivity index (χ1v) is 7.73. The Labute approximate surface area is 136 Å². The first kappa shape index (κ1) is 17.4. The topological polar surface area (TPSA) is 87.9 Å². The number of hydrogen-bond acceptors (Lipinski definition) is 5. The molecule has 1 aliphatic rings. The molecule has 1 aliphatic heterocycles. The van der Waals surface area contributed by atoms with E-state index in [1.165, 1.54) is 0 Å². The zero-order valence-corrected chi connectivity index (χ0v) is 13.4. The van der Waals surface area contributed by atoms with Crippen molar-refractivity contribution in [3.8, 4) is 0 Å². The van der Waals surface area contributed by atoms with Gasteiger partial charge in [0.2, 0.25) is 5.91 Å². The first-order chi connectivity index (χ1) is 11.1. The molecule has 2 rings (SSSR count). The van der Waals surface area contributed by atoms with E-state index in [0.717, 1.165) is 13.1 Å². The molecule has 0 aromatic heterocycles. The summed E-state index contributed by atoms with van der Waals surface area (Å²) in [5, 5.41) is 2.75. The van der Waals surface area contributed by atoms with Crippen molar-refractivity contribution < 1.29 is 14.3 Å². The number of ether oxygens (including phenoxy) is 1. The van der Waals surface area contributed by atoms with Crippen LogP contribution in [0.5, 0.6) is 0 Å². The van der Waals surface area contributed by atoms with Crippen molar-refractivity contribution in [1.29, 1.82) is 0 Å². The van der Waals surface area contributed by atoms with Gasteiger partial charge in [0.1, 0.15) is 6.04 Å². The third-order valence-electron chi connectivity index (χ3n) is 3.86. The highest BCUT2D eigenvalue weighted by atomic mass is 16.5. The predicted molar refractivity (Wildman–Crippen MR) is 86.8 cm³/mol. The average molecular weight is 320 g/mol. The molecule has 1 fully saturated rings. The molecule has 7 nitrogen and oxygen atoms in total. The molecule has 0 radical (unpaired) electrons. The van der Waals surface area contributed by atoms with Gasteiger partial charge in [-0.2, -0.15) is 0 Å². The highest BCUT2D eigenvalue weighted by molar-refractivity contribution is 5.97. The van der Waals surface area contributed by atoms with Crippen LogP contribution in [0, 0.1) is 0 Å². The number of nitrogens with two attached hydrogens (primary N) is 1. The van der Waals surface area contributed by atoms with Crippen LogP contribution in [0.3, 0.4) is 0 Å². The maximum absolute atomic E-state index is 12.6. The van der Waals surface area contributed by atoms with Gasteiger partial charge in [-0.1, -0.05) is 18.2 Å². The van der Waals surface area contributed by atoms with E-state index in [2.05, 4.69) is 10.2 Å². The van der Waals surface area contributed by atoms with E-state index < -0.39 is 6.04 Å². The lowest BCUT2D eigenvalue weighted by Crippen LogP contribution is -2.55. The molecule has 0 bridgehead atoms.